The van der Waals surface area contributed by atoms with Crippen LogP contribution in [-0.4, -0.2) is 129 Å². The fourth-order valence-electron chi connectivity index (χ4n) is 8.69. The van der Waals surface area contributed by atoms with Crippen molar-refractivity contribution in [1.29, 1.82) is 0 Å². The molecule has 1 atom stereocenters. The summed E-state index contributed by atoms with van der Waals surface area (Å²) in [5, 5.41) is 10.0. The smallest absolute Gasteiger partial charge is 0.303 e. The van der Waals surface area contributed by atoms with E-state index in [1.54, 1.807) is 12.1 Å². The largest absolute Gasteiger partial charge is 0.493 e. The molecule has 11 nitrogen and oxygen atoms in total. The van der Waals surface area contributed by atoms with Gasteiger partial charge in [0.1, 0.15) is 0 Å². The molecule has 0 radical (unpaired) electrons. The molecule has 3 aliphatic rings. The van der Waals surface area contributed by atoms with Gasteiger partial charge in [-0.2, -0.15) is 0 Å². The first-order valence-electron chi connectivity index (χ1n) is 19.1. The molecule has 3 aliphatic heterocycles. The van der Waals surface area contributed by atoms with Gasteiger partial charge in [-0.25, -0.2) is 0 Å². The van der Waals surface area contributed by atoms with E-state index in [4.69, 9.17) is 42.5 Å². The quantitative estimate of drug-likeness (QED) is 0.203. The number of carbonyl (C=O) groups excluding carboxylic acids is 2. The van der Waals surface area contributed by atoms with Crippen molar-refractivity contribution in [1.82, 2.24) is 19.6 Å². The van der Waals surface area contributed by atoms with Crippen LogP contribution >= 0.6 is 23.2 Å². The van der Waals surface area contributed by atoms with Crippen molar-refractivity contribution in [3.8, 4) is 17.2 Å². The van der Waals surface area contributed by atoms with E-state index in [0.29, 0.717) is 78.3 Å². The molecule has 1 unspecified atom stereocenters. The van der Waals surface area contributed by atoms with Crippen LogP contribution in [0, 0.1) is 0 Å². The number of carboxylic acid groups (broad SMARTS) is 1. The normalized spacial score (nSPS) is 20.3. The van der Waals surface area contributed by atoms with Crippen LogP contribution in [0.2, 0.25) is 10.0 Å². The molecule has 3 aromatic carbocycles. The van der Waals surface area contributed by atoms with Crippen LogP contribution in [0.1, 0.15) is 60.0 Å². The molecule has 0 saturated carbocycles. The first-order chi connectivity index (χ1) is 26.5. The number of carboxylic acids is 1. The topological polar surface area (TPSA) is 112 Å². The minimum Gasteiger partial charge on any atom is -0.493 e. The lowest BCUT2D eigenvalue weighted by Gasteiger charge is -2.46. The summed E-state index contributed by atoms with van der Waals surface area (Å²) in [6.07, 6.45) is 3.73. The van der Waals surface area contributed by atoms with Crippen molar-refractivity contribution < 1.29 is 33.7 Å². The van der Waals surface area contributed by atoms with Gasteiger partial charge in [-0.3, -0.25) is 19.3 Å². The van der Waals surface area contributed by atoms with E-state index in [0.717, 1.165) is 63.2 Å². The summed E-state index contributed by atoms with van der Waals surface area (Å²) in [6, 6.07) is 19.4. The third-order valence-corrected chi connectivity index (χ3v) is 12.7. The lowest BCUT2D eigenvalue weighted by Crippen LogP contribution is -2.57. The summed E-state index contributed by atoms with van der Waals surface area (Å²) >= 11 is 13.0. The van der Waals surface area contributed by atoms with Gasteiger partial charge in [0.2, 0.25) is 11.7 Å². The third kappa shape index (κ3) is 8.85. The number of halogens is 2. The Hall–Kier alpha value is -4.03. The lowest BCUT2D eigenvalue weighted by molar-refractivity contribution is -0.141. The van der Waals surface area contributed by atoms with Crippen molar-refractivity contribution in [2.75, 3.05) is 86.8 Å². The highest BCUT2D eigenvalue weighted by Gasteiger charge is 2.47. The summed E-state index contributed by atoms with van der Waals surface area (Å²) in [6.45, 7) is 6.90. The molecule has 3 aromatic rings. The Morgan fingerprint density at radius 3 is 1.96 bits per heavy atom. The predicted molar refractivity (Wildman–Crippen MR) is 213 cm³/mol. The lowest BCUT2D eigenvalue weighted by atomic mass is 9.71. The number of carbonyl (C=O) groups is 3. The maximum Gasteiger partial charge on any atom is 0.303 e. The molecule has 0 aliphatic carbocycles. The molecule has 2 amide bonds. The fourth-order valence-corrected chi connectivity index (χ4v) is 8.99. The molecule has 0 bridgehead atoms. The Kier molecular flexibility index (Phi) is 13.2. The number of likely N-dealkylation sites (tertiary alicyclic amines) is 2. The van der Waals surface area contributed by atoms with Gasteiger partial charge in [0.15, 0.2) is 11.5 Å². The molecule has 0 spiro atoms. The number of benzene rings is 3. The van der Waals surface area contributed by atoms with Gasteiger partial charge >= 0.3 is 5.97 Å². The number of hydrogen-bond donors (Lipinski definition) is 1. The second-order valence-electron chi connectivity index (χ2n) is 15.0. The van der Waals surface area contributed by atoms with E-state index in [-0.39, 0.29) is 23.7 Å². The molecular weight excluding hydrogens is 743 g/mol. The zero-order valence-corrected chi connectivity index (χ0v) is 33.5. The third-order valence-electron chi connectivity index (χ3n) is 12.0. The minimum absolute atomic E-state index is 0.119. The van der Waals surface area contributed by atoms with Gasteiger partial charge < -0.3 is 34.0 Å². The number of piperidine rings is 1. The van der Waals surface area contributed by atoms with Crippen LogP contribution < -0.4 is 14.2 Å². The molecule has 13 heteroatoms. The second-order valence-corrected chi connectivity index (χ2v) is 15.8. The summed E-state index contributed by atoms with van der Waals surface area (Å²) in [5.74, 6) is 0.567. The summed E-state index contributed by atoms with van der Waals surface area (Å²) in [4.78, 5) is 48.2. The average molecular weight is 796 g/mol. The minimum atomic E-state index is -0.776. The van der Waals surface area contributed by atoms with Crippen LogP contribution in [0.3, 0.4) is 0 Å². The number of ether oxygens (including phenoxy) is 3. The number of rotatable bonds is 14. The predicted octanol–water partition coefficient (Wildman–Crippen LogP) is 6.24. The fraction of sp³-hybridized carbons (Fsp3) is 0.500. The Labute approximate surface area is 334 Å². The Morgan fingerprint density at radius 1 is 0.709 bits per heavy atom. The van der Waals surface area contributed by atoms with E-state index < -0.39 is 11.4 Å². The van der Waals surface area contributed by atoms with Crippen LogP contribution in [-0.2, 0) is 20.4 Å². The van der Waals surface area contributed by atoms with Crippen LogP contribution in [0.5, 0.6) is 17.2 Å². The van der Waals surface area contributed by atoms with E-state index in [1.165, 1.54) is 21.3 Å². The highest BCUT2D eigenvalue weighted by atomic mass is 35.5. The number of aliphatic carboxylic acids is 1. The van der Waals surface area contributed by atoms with Gasteiger partial charge in [0.05, 0.1) is 36.8 Å². The zero-order valence-electron chi connectivity index (χ0n) is 32.0. The first kappa shape index (κ1) is 40.6. The number of hydrogen-bond acceptors (Lipinski definition) is 8. The Balaban J connectivity index is 1.16. The number of methoxy groups -OCH3 is 3. The number of amides is 2. The zero-order chi connectivity index (χ0) is 39.2. The van der Waals surface area contributed by atoms with Crippen molar-refractivity contribution in [3.63, 3.8) is 0 Å². The van der Waals surface area contributed by atoms with Crippen molar-refractivity contribution in [2.45, 2.75) is 49.4 Å². The standard InChI is InChI=1S/C42H52Cl2N4O7/c1-53-35-26-30(27-36(54-2)38(35)55-3)39(51)48-21-14-41(29-48,32-11-12-33(43)34(44)28-32)13-18-46-19-15-42(16-20-46,31-8-5-4-6-9-31)40(52)47-24-22-45(23-25-47)17-7-10-37(49)50/h4-6,8-9,11-12,26-28H,7,10,13-25,29H2,1-3H3,(H,49,50). The second kappa shape index (κ2) is 17.8. The van der Waals surface area contributed by atoms with Gasteiger partial charge in [-0.15, -0.1) is 0 Å². The Morgan fingerprint density at radius 2 is 1.36 bits per heavy atom. The van der Waals surface area contributed by atoms with Gasteiger partial charge in [-0.1, -0.05) is 59.6 Å². The van der Waals surface area contributed by atoms with E-state index in [1.807, 2.05) is 46.2 Å². The molecule has 296 valence electrons. The highest BCUT2D eigenvalue weighted by Crippen LogP contribution is 2.44. The first-order valence-corrected chi connectivity index (χ1v) is 19.8. The van der Waals surface area contributed by atoms with E-state index >= 15 is 0 Å². The van der Waals surface area contributed by atoms with Crippen molar-refractivity contribution >= 4 is 41.0 Å². The molecule has 55 heavy (non-hydrogen) atoms. The van der Waals surface area contributed by atoms with Crippen molar-refractivity contribution in [2.24, 2.45) is 0 Å². The molecule has 3 saturated heterocycles. The molecule has 6 rings (SSSR count). The summed E-state index contributed by atoms with van der Waals surface area (Å²) < 4.78 is 16.6. The monoisotopic (exact) mass is 794 g/mol. The van der Waals surface area contributed by atoms with Crippen LogP contribution in [0.15, 0.2) is 60.7 Å². The molecular formula is C42H52Cl2N4O7. The van der Waals surface area contributed by atoms with Crippen LogP contribution in [0.4, 0.5) is 0 Å². The summed E-state index contributed by atoms with van der Waals surface area (Å²) in [5.41, 5.74) is 1.60. The van der Waals surface area contributed by atoms with Crippen molar-refractivity contribution in [3.05, 3.63) is 87.4 Å². The number of nitrogens with zero attached hydrogens (tertiary/aromatic N) is 4. The van der Waals surface area contributed by atoms with Gasteiger partial charge in [0, 0.05) is 56.7 Å². The van der Waals surface area contributed by atoms with E-state index in [9.17, 15) is 14.4 Å². The molecule has 0 aromatic heterocycles. The maximum absolute atomic E-state index is 14.5. The maximum atomic E-state index is 14.5. The Bertz CT molecular complexity index is 1800. The molecule has 1 N–H and O–H groups in total. The van der Waals surface area contributed by atoms with Gasteiger partial charge in [0.25, 0.3) is 5.91 Å². The SMILES string of the molecule is COc1cc(C(=O)N2CCC(CCN3CCC(C(=O)N4CCN(CCCC(=O)O)CC4)(c4ccccc4)CC3)(c3ccc(Cl)c(Cl)c3)C2)cc(OC)c1OC. The number of piperazine rings is 1. The van der Waals surface area contributed by atoms with Gasteiger partial charge in [-0.05, 0) is 93.7 Å². The molecule has 3 heterocycles. The van der Waals surface area contributed by atoms with Crippen LogP contribution in [0.25, 0.3) is 0 Å². The average Bonchev–Trinajstić information content (AvgIpc) is 3.66. The highest BCUT2D eigenvalue weighted by molar-refractivity contribution is 6.42. The summed E-state index contributed by atoms with van der Waals surface area (Å²) in [7, 11) is 4.60. The van der Waals surface area contributed by atoms with E-state index in [2.05, 4.69) is 21.9 Å². The molecule has 3 fully saturated rings.